The number of imide groups is 1. The van der Waals surface area contributed by atoms with Gasteiger partial charge in [-0.3, -0.25) is 19.0 Å². The topological polar surface area (TPSA) is 143 Å². The Labute approximate surface area is 178 Å². The highest BCUT2D eigenvalue weighted by atomic mass is 16.7. The molecular weight excluding hydrogens is 410 g/mol. The largest absolute Gasteiger partial charge is 0.394 e. The minimum atomic E-state index is -0.648. The first-order valence-electron chi connectivity index (χ1n) is 10.4. The van der Waals surface area contributed by atoms with E-state index in [4.69, 9.17) is 9.57 Å². The van der Waals surface area contributed by atoms with Crippen molar-refractivity contribution in [3.63, 3.8) is 0 Å². The van der Waals surface area contributed by atoms with Crippen LogP contribution in [0.3, 0.4) is 0 Å². The number of carbonyl (C=O) groups excluding carboxylic acids is 4. The quantitative estimate of drug-likeness (QED) is 0.431. The number of fused-ring (bicyclic) bond motifs is 1. The molecule has 12 heteroatoms. The summed E-state index contributed by atoms with van der Waals surface area (Å²) in [6, 6.07) is 0. The van der Waals surface area contributed by atoms with Crippen molar-refractivity contribution in [2.24, 2.45) is 0 Å². The summed E-state index contributed by atoms with van der Waals surface area (Å²) >= 11 is 0. The van der Waals surface area contributed by atoms with Crippen LogP contribution in [0.15, 0.2) is 6.33 Å². The molecule has 3 amide bonds. The van der Waals surface area contributed by atoms with Crippen LogP contribution in [0.2, 0.25) is 0 Å². The molecule has 0 spiro atoms. The number of hydroxylamine groups is 2. The molecule has 0 aliphatic carbocycles. The van der Waals surface area contributed by atoms with Crippen molar-refractivity contribution >= 4 is 29.5 Å². The van der Waals surface area contributed by atoms with Crippen molar-refractivity contribution in [1.82, 2.24) is 19.5 Å². The van der Waals surface area contributed by atoms with Gasteiger partial charge in [-0.05, 0) is 25.7 Å². The van der Waals surface area contributed by atoms with Gasteiger partial charge in [-0.1, -0.05) is 0 Å². The Kier molecular flexibility index (Phi) is 6.18. The van der Waals surface area contributed by atoms with Gasteiger partial charge in [0.2, 0.25) is 0 Å². The summed E-state index contributed by atoms with van der Waals surface area (Å²) < 4.78 is 7.55. The molecule has 31 heavy (non-hydrogen) atoms. The smallest absolute Gasteiger partial charge is 0.333 e. The zero-order valence-corrected chi connectivity index (χ0v) is 17.0. The number of carbonyl (C=O) groups is 4. The van der Waals surface area contributed by atoms with Crippen LogP contribution < -0.4 is 5.32 Å². The molecule has 4 rings (SSSR count). The van der Waals surface area contributed by atoms with Crippen molar-refractivity contribution in [3.05, 3.63) is 12.0 Å². The van der Waals surface area contributed by atoms with Crippen LogP contribution in [0.25, 0.3) is 0 Å². The lowest BCUT2D eigenvalue weighted by Gasteiger charge is -2.29. The fourth-order valence-corrected chi connectivity index (χ4v) is 3.89. The predicted octanol–water partition coefficient (Wildman–Crippen LogP) is 0.156. The highest BCUT2D eigenvalue weighted by Crippen LogP contribution is 2.33. The maximum Gasteiger partial charge on any atom is 0.333 e. The third-order valence-electron chi connectivity index (χ3n) is 5.58. The Morgan fingerprint density at radius 3 is 2.71 bits per heavy atom. The summed E-state index contributed by atoms with van der Waals surface area (Å²) in [5.74, 6) is -1.26. The number of aromatic nitrogens is 2. The third kappa shape index (κ3) is 4.39. The van der Waals surface area contributed by atoms with Gasteiger partial charge in [-0.2, -0.15) is 0 Å². The number of ether oxygens (including phenoxy) is 1. The molecule has 12 nitrogen and oxygen atoms in total. The van der Waals surface area contributed by atoms with Crippen LogP contribution in [-0.4, -0.2) is 74.2 Å². The van der Waals surface area contributed by atoms with Crippen LogP contribution in [0, 0.1) is 0 Å². The molecule has 3 aliphatic rings. The van der Waals surface area contributed by atoms with Gasteiger partial charge in [-0.25, -0.2) is 9.78 Å². The molecule has 1 aromatic rings. The van der Waals surface area contributed by atoms with Crippen molar-refractivity contribution in [2.45, 2.75) is 57.3 Å². The fraction of sp³-hybridized carbons (Fsp3) is 0.632. The highest BCUT2D eigenvalue weighted by Gasteiger charge is 2.34. The molecule has 1 aromatic heterocycles. The van der Waals surface area contributed by atoms with E-state index in [1.165, 1.54) is 0 Å². The number of nitrogens with zero attached hydrogens (tertiary/aromatic N) is 4. The molecule has 0 aromatic carbocycles. The number of aliphatic hydroxyl groups excluding tert-OH is 1. The molecule has 2 saturated heterocycles. The number of rotatable bonds is 8. The second-order valence-corrected chi connectivity index (χ2v) is 7.73. The Balaban J connectivity index is 1.24. The first-order chi connectivity index (χ1) is 15.0. The average Bonchev–Trinajstić information content (AvgIpc) is 3.47. The summed E-state index contributed by atoms with van der Waals surface area (Å²) in [5, 5.41) is 13.0. The number of aliphatic hydroxyl groups is 1. The molecule has 0 bridgehead atoms. The molecule has 2 N–H and O–H groups in total. The Morgan fingerprint density at radius 2 is 2.00 bits per heavy atom. The lowest BCUT2D eigenvalue weighted by atomic mass is 10.2. The van der Waals surface area contributed by atoms with Crippen LogP contribution in [-0.2, 0) is 24.0 Å². The SMILES string of the molecule is O=C(CCCCN1CNc2c(ncn2[C@H]2CC[C@@H](CO)O2)C1=O)ON1C(=O)CCC1=O. The van der Waals surface area contributed by atoms with Crippen molar-refractivity contribution in [3.8, 4) is 0 Å². The van der Waals surface area contributed by atoms with Crippen LogP contribution in [0.5, 0.6) is 0 Å². The van der Waals surface area contributed by atoms with Gasteiger partial charge in [-0.15, -0.1) is 5.06 Å². The predicted molar refractivity (Wildman–Crippen MR) is 103 cm³/mol. The molecule has 0 saturated carbocycles. The summed E-state index contributed by atoms with van der Waals surface area (Å²) in [6.45, 7) is 0.681. The molecule has 2 fully saturated rings. The van der Waals surface area contributed by atoms with E-state index in [-0.39, 0.29) is 44.1 Å². The van der Waals surface area contributed by atoms with Gasteiger partial charge in [0.25, 0.3) is 17.7 Å². The summed E-state index contributed by atoms with van der Waals surface area (Å²) in [4.78, 5) is 58.2. The van der Waals surface area contributed by atoms with E-state index in [0.717, 1.165) is 12.8 Å². The molecule has 168 valence electrons. The van der Waals surface area contributed by atoms with Crippen LogP contribution in [0.4, 0.5) is 5.82 Å². The lowest BCUT2D eigenvalue weighted by Crippen LogP contribution is -2.41. The van der Waals surface area contributed by atoms with E-state index >= 15 is 0 Å². The molecule has 3 aliphatic heterocycles. The van der Waals surface area contributed by atoms with Crippen molar-refractivity contribution in [2.75, 3.05) is 25.1 Å². The van der Waals surface area contributed by atoms with E-state index in [1.807, 2.05) is 0 Å². The minimum Gasteiger partial charge on any atom is -0.394 e. The number of nitrogens with one attached hydrogen (secondary N) is 1. The Morgan fingerprint density at radius 1 is 1.23 bits per heavy atom. The van der Waals surface area contributed by atoms with E-state index in [1.54, 1.807) is 15.8 Å². The minimum absolute atomic E-state index is 0.0360. The van der Waals surface area contributed by atoms with Gasteiger partial charge >= 0.3 is 5.97 Å². The second kappa shape index (κ2) is 9.02. The number of unbranched alkanes of at least 4 members (excludes halogenated alkanes) is 1. The summed E-state index contributed by atoms with van der Waals surface area (Å²) in [7, 11) is 0. The van der Waals surface area contributed by atoms with Crippen molar-refractivity contribution < 1.29 is 33.9 Å². The van der Waals surface area contributed by atoms with E-state index in [2.05, 4.69) is 10.3 Å². The Hall–Kier alpha value is -2.99. The monoisotopic (exact) mass is 435 g/mol. The molecule has 0 radical (unpaired) electrons. The normalized spacial score (nSPS) is 23.3. The maximum atomic E-state index is 12.8. The zero-order chi connectivity index (χ0) is 22.0. The van der Waals surface area contributed by atoms with Gasteiger partial charge in [0.1, 0.15) is 12.0 Å². The molecule has 2 atom stereocenters. The zero-order valence-electron chi connectivity index (χ0n) is 17.0. The van der Waals surface area contributed by atoms with Crippen LogP contribution >= 0.6 is 0 Å². The fourth-order valence-electron chi connectivity index (χ4n) is 3.89. The average molecular weight is 435 g/mol. The Bertz CT molecular complexity index is 869. The molecule has 0 unspecified atom stereocenters. The van der Waals surface area contributed by atoms with E-state index in [0.29, 0.717) is 42.6 Å². The van der Waals surface area contributed by atoms with Gasteiger partial charge < -0.3 is 24.9 Å². The number of anilines is 1. The number of imidazole rings is 1. The summed E-state index contributed by atoms with van der Waals surface area (Å²) in [5.41, 5.74) is 0.313. The molecular formula is C19H25N5O7. The number of amides is 3. The van der Waals surface area contributed by atoms with Gasteiger partial charge in [0.15, 0.2) is 5.69 Å². The first kappa shape index (κ1) is 21.2. The van der Waals surface area contributed by atoms with Gasteiger partial charge in [0.05, 0.1) is 25.7 Å². The third-order valence-corrected chi connectivity index (χ3v) is 5.58. The molecule has 4 heterocycles. The van der Waals surface area contributed by atoms with Gasteiger partial charge in [0, 0.05) is 25.8 Å². The lowest BCUT2D eigenvalue weighted by molar-refractivity contribution is -0.197. The number of hydrogen-bond donors (Lipinski definition) is 2. The first-order valence-corrected chi connectivity index (χ1v) is 10.4. The standard InChI is InChI=1S/C19H25N5O7/c25-9-12-4-7-15(30-12)23-11-20-17-18(23)21-10-22(19(17)29)8-2-1-3-16(28)31-24-13(26)5-6-14(24)27/h11-12,15,21,25H,1-10H2/t12-,15+/m0/s1. The summed E-state index contributed by atoms with van der Waals surface area (Å²) in [6.07, 6.45) is 3.73. The maximum absolute atomic E-state index is 12.8. The number of hydrogen-bond acceptors (Lipinski definition) is 9. The highest BCUT2D eigenvalue weighted by molar-refractivity contribution is 6.01. The van der Waals surface area contributed by atoms with Crippen LogP contribution in [0.1, 0.15) is 61.7 Å². The second-order valence-electron chi connectivity index (χ2n) is 7.73. The van der Waals surface area contributed by atoms with E-state index in [9.17, 15) is 24.3 Å². The van der Waals surface area contributed by atoms with Crippen molar-refractivity contribution in [1.29, 1.82) is 0 Å². The van der Waals surface area contributed by atoms with E-state index < -0.39 is 17.8 Å².